The second kappa shape index (κ2) is 8.03. The standard InChI is InChI=1S/C17H13ClN2O4/c1-24-17(23)16(22)14(15(21)11-5-3-2-4-6-11)20-19-13-9-7-12(18)8-10-13/h2-10,19H,1H3/b20-14+. The number of carbonyl (C=O) groups is 3. The number of nitrogens with zero attached hydrogens (tertiary/aromatic N) is 1. The van der Waals surface area contributed by atoms with Crippen molar-refractivity contribution in [2.45, 2.75) is 0 Å². The molecule has 0 fully saturated rings. The molecule has 2 aromatic carbocycles. The average molecular weight is 345 g/mol. The van der Waals surface area contributed by atoms with E-state index in [0.717, 1.165) is 7.11 Å². The van der Waals surface area contributed by atoms with Crippen molar-refractivity contribution in [3.63, 3.8) is 0 Å². The van der Waals surface area contributed by atoms with Gasteiger partial charge in [0.2, 0.25) is 5.78 Å². The number of benzene rings is 2. The number of halogens is 1. The molecule has 0 bridgehead atoms. The number of esters is 1. The maximum Gasteiger partial charge on any atom is 0.381 e. The first-order valence-electron chi connectivity index (χ1n) is 6.84. The minimum atomic E-state index is -1.17. The maximum absolute atomic E-state index is 12.5. The van der Waals surface area contributed by atoms with Crippen molar-refractivity contribution in [2.75, 3.05) is 12.5 Å². The fourth-order valence-electron chi connectivity index (χ4n) is 1.77. The molecule has 0 aromatic heterocycles. The molecule has 1 N–H and O–H groups in total. The van der Waals surface area contributed by atoms with Crippen molar-refractivity contribution >= 4 is 40.5 Å². The largest absolute Gasteiger partial charge is 0.463 e. The lowest BCUT2D eigenvalue weighted by atomic mass is 10.0. The smallest absolute Gasteiger partial charge is 0.381 e. The third-order valence-corrected chi connectivity index (χ3v) is 3.23. The quantitative estimate of drug-likeness (QED) is 0.217. The number of carbonyl (C=O) groups excluding carboxylic acids is 3. The van der Waals surface area contributed by atoms with E-state index in [2.05, 4.69) is 15.3 Å². The van der Waals surface area contributed by atoms with Crippen LogP contribution in [-0.4, -0.2) is 30.4 Å². The highest BCUT2D eigenvalue weighted by atomic mass is 35.5. The summed E-state index contributed by atoms with van der Waals surface area (Å²) in [6.07, 6.45) is 0. The number of hydrazone groups is 1. The Labute approximate surface area is 143 Å². The number of hydrogen-bond acceptors (Lipinski definition) is 6. The minimum absolute atomic E-state index is 0.228. The highest BCUT2D eigenvalue weighted by Gasteiger charge is 2.28. The van der Waals surface area contributed by atoms with Crippen molar-refractivity contribution in [1.82, 2.24) is 0 Å². The lowest BCUT2D eigenvalue weighted by Gasteiger charge is -2.06. The molecule has 0 heterocycles. The van der Waals surface area contributed by atoms with Gasteiger partial charge in [0.1, 0.15) is 0 Å². The molecule has 2 aromatic rings. The van der Waals surface area contributed by atoms with E-state index in [1.807, 2.05) is 0 Å². The van der Waals surface area contributed by atoms with Crippen molar-refractivity contribution in [3.05, 3.63) is 65.2 Å². The number of Topliss-reactive ketones (excluding diaryl/α,β-unsaturated/α-hetero) is 2. The average Bonchev–Trinajstić information content (AvgIpc) is 2.63. The van der Waals surface area contributed by atoms with E-state index in [1.54, 1.807) is 42.5 Å². The third kappa shape index (κ3) is 4.27. The van der Waals surface area contributed by atoms with Gasteiger partial charge in [-0.15, -0.1) is 0 Å². The Hall–Kier alpha value is -2.99. The SMILES string of the molecule is COC(=O)C(=O)/C(=N/Nc1ccc(Cl)cc1)C(=O)c1ccccc1. The van der Waals surface area contributed by atoms with Crippen LogP contribution in [0, 0.1) is 0 Å². The van der Waals surface area contributed by atoms with Crippen molar-refractivity contribution in [2.24, 2.45) is 5.10 Å². The Balaban J connectivity index is 2.33. The molecule has 0 amide bonds. The Morgan fingerprint density at radius 3 is 2.21 bits per heavy atom. The van der Waals surface area contributed by atoms with Crippen LogP contribution in [0.5, 0.6) is 0 Å². The Morgan fingerprint density at radius 1 is 1.00 bits per heavy atom. The molecule has 0 saturated carbocycles. The molecule has 0 atom stereocenters. The molecule has 122 valence electrons. The van der Waals surface area contributed by atoms with Gasteiger partial charge in [0.05, 0.1) is 12.8 Å². The van der Waals surface area contributed by atoms with Crippen LogP contribution in [0.4, 0.5) is 5.69 Å². The molecule has 0 saturated heterocycles. The van der Waals surface area contributed by atoms with Crippen LogP contribution in [0.2, 0.25) is 5.02 Å². The number of methoxy groups -OCH3 is 1. The van der Waals surface area contributed by atoms with Gasteiger partial charge in [-0.2, -0.15) is 5.10 Å². The van der Waals surface area contributed by atoms with Gasteiger partial charge in [0.25, 0.3) is 5.78 Å². The Morgan fingerprint density at radius 2 is 1.62 bits per heavy atom. The molecule has 0 spiro atoms. The summed E-state index contributed by atoms with van der Waals surface area (Å²) in [5, 5.41) is 4.32. The first-order valence-corrected chi connectivity index (χ1v) is 7.22. The number of anilines is 1. The van der Waals surface area contributed by atoms with Crippen molar-refractivity contribution < 1.29 is 19.1 Å². The van der Waals surface area contributed by atoms with Crippen LogP contribution in [0.25, 0.3) is 0 Å². The molecule has 0 aliphatic carbocycles. The van der Waals surface area contributed by atoms with Gasteiger partial charge in [0.15, 0.2) is 5.71 Å². The molecule has 7 heteroatoms. The lowest BCUT2D eigenvalue weighted by molar-refractivity contribution is -0.148. The van der Waals surface area contributed by atoms with Crippen molar-refractivity contribution in [1.29, 1.82) is 0 Å². The van der Waals surface area contributed by atoms with Gasteiger partial charge in [-0.3, -0.25) is 15.0 Å². The molecular weight excluding hydrogens is 332 g/mol. The second-order valence-corrected chi connectivity index (χ2v) is 5.03. The predicted molar refractivity (Wildman–Crippen MR) is 90.3 cm³/mol. The van der Waals surface area contributed by atoms with E-state index in [-0.39, 0.29) is 5.56 Å². The number of hydrogen-bond donors (Lipinski definition) is 1. The van der Waals surface area contributed by atoms with Crippen LogP contribution < -0.4 is 5.43 Å². The van der Waals surface area contributed by atoms with Crippen LogP contribution >= 0.6 is 11.6 Å². The summed E-state index contributed by atoms with van der Waals surface area (Å²) in [5.74, 6) is -2.99. The van der Waals surface area contributed by atoms with Crippen LogP contribution in [0.3, 0.4) is 0 Å². The monoisotopic (exact) mass is 344 g/mol. The topological polar surface area (TPSA) is 84.8 Å². The van der Waals surface area contributed by atoms with Gasteiger partial charge < -0.3 is 4.74 Å². The molecule has 0 unspecified atom stereocenters. The van der Waals surface area contributed by atoms with E-state index < -0.39 is 23.2 Å². The van der Waals surface area contributed by atoms with Crippen molar-refractivity contribution in [3.8, 4) is 0 Å². The van der Waals surface area contributed by atoms with E-state index in [9.17, 15) is 14.4 Å². The molecule has 0 aliphatic rings. The zero-order valence-corrected chi connectivity index (χ0v) is 13.4. The number of ether oxygens (including phenoxy) is 1. The minimum Gasteiger partial charge on any atom is -0.463 e. The molecule has 24 heavy (non-hydrogen) atoms. The third-order valence-electron chi connectivity index (χ3n) is 2.98. The molecule has 0 aliphatic heterocycles. The van der Waals surface area contributed by atoms with E-state index in [0.29, 0.717) is 10.7 Å². The second-order valence-electron chi connectivity index (χ2n) is 4.59. The first kappa shape index (κ1) is 17.4. The zero-order chi connectivity index (χ0) is 17.5. The van der Waals surface area contributed by atoms with Crippen LogP contribution in [0.1, 0.15) is 10.4 Å². The molecular formula is C17H13ClN2O4. The highest BCUT2D eigenvalue weighted by molar-refractivity contribution is 6.80. The number of nitrogens with one attached hydrogen (secondary N) is 1. The van der Waals surface area contributed by atoms with E-state index in [4.69, 9.17) is 11.6 Å². The summed E-state index contributed by atoms with van der Waals surface area (Å²) in [6.45, 7) is 0. The number of rotatable bonds is 6. The normalized spacial score (nSPS) is 10.8. The van der Waals surface area contributed by atoms with E-state index in [1.165, 1.54) is 12.1 Å². The fourth-order valence-corrected chi connectivity index (χ4v) is 1.89. The molecule has 2 rings (SSSR count). The number of ketones is 2. The van der Waals surface area contributed by atoms with E-state index >= 15 is 0 Å². The van der Waals surface area contributed by atoms with Crippen LogP contribution in [-0.2, 0) is 14.3 Å². The molecule has 0 radical (unpaired) electrons. The molecule has 6 nitrogen and oxygen atoms in total. The van der Waals surface area contributed by atoms with Gasteiger partial charge in [-0.1, -0.05) is 41.9 Å². The summed E-state index contributed by atoms with van der Waals surface area (Å²) in [4.78, 5) is 36.0. The van der Waals surface area contributed by atoms with Gasteiger partial charge >= 0.3 is 5.97 Å². The highest BCUT2D eigenvalue weighted by Crippen LogP contribution is 2.13. The summed E-state index contributed by atoms with van der Waals surface area (Å²) < 4.78 is 4.38. The first-order chi connectivity index (χ1) is 11.5. The van der Waals surface area contributed by atoms with Crippen LogP contribution in [0.15, 0.2) is 59.7 Å². The fraction of sp³-hybridized carbons (Fsp3) is 0.0588. The summed E-state index contributed by atoms with van der Waals surface area (Å²) in [5.41, 5.74) is 2.72. The zero-order valence-electron chi connectivity index (χ0n) is 12.7. The Bertz CT molecular complexity index is 786. The Kier molecular flexibility index (Phi) is 5.81. The van der Waals surface area contributed by atoms with Gasteiger partial charge in [-0.25, -0.2) is 4.79 Å². The van der Waals surface area contributed by atoms with Gasteiger partial charge in [-0.05, 0) is 24.3 Å². The summed E-state index contributed by atoms with van der Waals surface area (Å²) in [6, 6.07) is 14.5. The maximum atomic E-state index is 12.5. The summed E-state index contributed by atoms with van der Waals surface area (Å²) >= 11 is 5.78. The van der Waals surface area contributed by atoms with Gasteiger partial charge in [0, 0.05) is 10.6 Å². The summed E-state index contributed by atoms with van der Waals surface area (Å²) in [7, 11) is 1.05. The predicted octanol–water partition coefficient (Wildman–Crippen LogP) is 2.73. The lowest BCUT2D eigenvalue weighted by Crippen LogP contribution is -2.32.